The highest BCUT2D eigenvalue weighted by Crippen LogP contribution is 2.51. The first-order valence-corrected chi connectivity index (χ1v) is 6.40. The quantitative estimate of drug-likeness (QED) is 0.882. The highest BCUT2D eigenvalue weighted by molar-refractivity contribution is 5.87. The van der Waals surface area contributed by atoms with Gasteiger partial charge in [0.05, 0.1) is 18.6 Å². The smallest absolute Gasteiger partial charge is 0.314 e. The number of morpholine rings is 1. The molecule has 1 aliphatic heterocycles. The Morgan fingerprint density at radius 1 is 1.22 bits per heavy atom. The van der Waals surface area contributed by atoms with Gasteiger partial charge in [-0.15, -0.1) is 0 Å². The Morgan fingerprint density at radius 3 is 2.50 bits per heavy atom. The van der Waals surface area contributed by atoms with E-state index in [1.54, 1.807) is 0 Å². The molecule has 1 aliphatic carbocycles. The van der Waals surface area contributed by atoms with Gasteiger partial charge in [0.25, 0.3) is 0 Å². The Balaban J connectivity index is 1.97. The molecule has 0 amide bonds. The molecular formula is C14H17NO3. The number of rotatable bonds is 3. The largest absolute Gasteiger partial charge is 0.481 e. The maximum absolute atomic E-state index is 11.5. The number of carboxylic acids is 1. The van der Waals surface area contributed by atoms with Gasteiger partial charge in [0.15, 0.2) is 0 Å². The zero-order chi connectivity index (χ0) is 12.6. The Hall–Kier alpha value is -1.55. The molecule has 0 atom stereocenters. The molecule has 4 heteroatoms. The summed E-state index contributed by atoms with van der Waals surface area (Å²) in [5.41, 5.74) is 1.41. The van der Waals surface area contributed by atoms with E-state index >= 15 is 0 Å². The molecular weight excluding hydrogens is 230 g/mol. The van der Waals surface area contributed by atoms with Crippen LogP contribution in [0.3, 0.4) is 0 Å². The number of aliphatic carboxylic acids is 1. The van der Waals surface area contributed by atoms with Gasteiger partial charge in [-0.1, -0.05) is 18.2 Å². The summed E-state index contributed by atoms with van der Waals surface area (Å²) in [6.07, 6.45) is 1.51. The van der Waals surface area contributed by atoms with Gasteiger partial charge in [-0.05, 0) is 24.5 Å². The maximum atomic E-state index is 11.5. The number of carboxylic acid groups (broad SMARTS) is 1. The number of ether oxygens (including phenoxy) is 1. The fraction of sp³-hybridized carbons (Fsp3) is 0.500. The van der Waals surface area contributed by atoms with Crippen LogP contribution in [0.1, 0.15) is 18.4 Å². The van der Waals surface area contributed by atoms with Crippen LogP contribution in [0.2, 0.25) is 0 Å². The van der Waals surface area contributed by atoms with Crippen LogP contribution in [0, 0.1) is 0 Å². The molecule has 0 bridgehead atoms. The summed E-state index contributed by atoms with van der Waals surface area (Å²) in [7, 11) is 0. The van der Waals surface area contributed by atoms with E-state index in [4.69, 9.17) is 4.74 Å². The third kappa shape index (κ3) is 1.77. The first-order valence-electron chi connectivity index (χ1n) is 6.40. The maximum Gasteiger partial charge on any atom is 0.314 e. The standard InChI is InChI=1S/C14H17NO3/c16-13(17)14(5-6-14)11-3-1-2-4-12(11)15-7-9-18-10-8-15/h1-4H,5-10H2,(H,16,17). The molecule has 18 heavy (non-hydrogen) atoms. The van der Waals surface area contributed by atoms with Crippen molar-refractivity contribution in [2.24, 2.45) is 0 Å². The van der Waals surface area contributed by atoms with Crippen LogP contribution < -0.4 is 4.90 Å². The Bertz CT molecular complexity index is 462. The summed E-state index contributed by atoms with van der Waals surface area (Å²) < 4.78 is 5.35. The van der Waals surface area contributed by atoms with Crippen molar-refractivity contribution in [3.05, 3.63) is 29.8 Å². The van der Waals surface area contributed by atoms with Crippen molar-refractivity contribution in [3.8, 4) is 0 Å². The first kappa shape index (κ1) is 11.5. The fourth-order valence-corrected chi connectivity index (χ4v) is 2.68. The number of carbonyl (C=O) groups is 1. The molecule has 1 aromatic carbocycles. The molecule has 1 aromatic rings. The van der Waals surface area contributed by atoms with E-state index < -0.39 is 11.4 Å². The predicted octanol–water partition coefficient (Wildman–Crippen LogP) is 1.64. The highest BCUT2D eigenvalue weighted by atomic mass is 16.5. The number of benzene rings is 1. The van der Waals surface area contributed by atoms with E-state index in [2.05, 4.69) is 4.90 Å². The molecule has 0 radical (unpaired) electrons. The fourth-order valence-electron chi connectivity index (χ4n) is 2.68. The molecule has 96 valence electrons. The number of para-hydroxylation sites is 1. The van der Waals surface area contributed by atoms with E-state index in [0.717, 1.165) is 37.2 Å². The SMILES string of the molecule is O=C(O)C1(c2ccccc2N2CCOCC2)CC1. The van der Waals surface area contributed by atoms with E-state index in [9.17, 15) is 9.90 Å². The van der Waals surface area contributed by atoms with Gasteiger partial charge in [0, 0.05) is 18.8 Å². The summed E-state index contributed by atoms with van der Waals surface area (Å²) in [5.74, 6) is -0.691. The molecule has 0 spiro atoms. The van der Waals surface area contributed by atoms with Gasteiger partial charge in [0.1, 0.15) is 0 Å². The molecule has 4 nitrogen and oxygen atoms in total. The van der Waals surface area contributed by atoms with Crippen LogP contribution in [-0.4, -0.2) is 37.4 Å². The van der Waals surface area contributed by atoms with Gasteiger partial charge in [0.2, 0.25) is 0 Å². The van der Waals surface area contributed by atoms with Gasteiger partial charge in [-0.3, -0.25) is 4.79 Å². The van der Waals surface area contributed by atoms with Crippen LogP contribution >= 0.6 is 0 Å². The molecule has 1 N–H and O–H groups in total. The van der Waals surface area contributed by atoms with E-state index in [-0.39, 0.29) is 0 Å². The molecule has 1 saturated carbocycles. The Morgan fingerprint density at radius 2 is 1.89 bits per heavy atom. The van der Waals surface area contributed by atoms with Crippen molar-refractivity contribution < 1.29 is 14.6 Å². The van der Waals surface area contributed by atoms with Crippen molar-refractivity contribution in [1.29, 1.82) is 0 Å². The van der Waals surface area contributed by atoms with Gasteiger partial charge >= 0.3 is 5.97 Å². The summed E-state index contributed by atoms with van der Waals surface area (Å²) >= 11 is 0. The number of hydrogen-bond donors (Lipinski definition) is 1. The molecule has 2 fully saturated rings. The lowest BCUT2D eigenvalue weighted by Gasteiger charge is -2.31. The van der Waals surface area contributed by atoms with Gasteiger partial charge < -0.3 is 14.7 Å². The Labute approximate surface area is 106 Å². The summed E-state index contributed by atoms with van der Waals surface area (Å²) in [5, 5.41) is 9.44. The lowest BCUT2D eigenvalue weighted by molar-refractivity contribution is -0.140. The second-order valence-electron chi connectivity index (χ2n) is 5.00. The third-order valence-electron chi connectivity index (χ3n) is 3.93. The predicted molar refractivity (Wildman–Crippen MR) is 68.0 cm³/mol. The lowest BCUT2D eigenvalue weighted by Crippen LogP contribution is -2.37. The molecule has 2 aliphatic rings. The summed E-state index contributed by atoms with van der Waals surface area (Å²) in [4.78, 5) is 13.7. The van der Waals surface area contributed by atoms with Crippen LogP contribution in [-0.2, 0) is 14.9 Å². The van der Waals surface area contributed by atoms with Crippen molar-refractivity contribution >= 4 is 11.7 Å². The van der Waals surface area contributed by atoms with Crippen LogP contribution in [0.25, 0.3) is 0 Å². The summed E-state index contributed by atoms with van der Waals surface area (Å²) in [6.45, 7) is 3.11. The molecule has 1 heterocycles. The third-order valence-corrected chi connectivity index (χ3v) is 3.93. The minimum absolute atomic E-state index is 0.630. The van der Waals surface area contributed by atoms with Crippen LogP contribution in [0.4, 0.5) is 5.69 Å². The summed E-state index contributed by atoms with van der Waals surface area (Å²) in [6, 6.07) is 7.91. The number of anilines is 1. The topological polar surface area (TPSA) is 49.8 Å². The van der Waals surface area contributed by atoms with Crippen LogP contribution in [0.15, 0.2) is 24.3 Å². The minimum atomic E-state index is -0.691. The van der Waals surface area contributed by atoms with E-state index in [1.165, 1.54) is 0 Å². The second-order valence-corrected chi connectivity index (χ2v) is 5.00. The molecule has 1 saturated heterocycles. The van der Waals surface area contributed by atoms with E-state index in [1.807, 2.05) is 24.3 Å². The number of hydrogen-bond acceptors (Lipinski definition) is 3. The van der Waals surface area contributed by atoms with Gasteiger partial charge in [-0.2, -0.15) is 0 Å². The van der Waals surface area contributed by atoms with Gasteiger partial charge in [-0.25, -0.2) is 0 Å². The minimum Gasteiger partial charge on any atom is -0.481 e. The lowest BCUT2D eigenvalue weighted by atomic mass is 9.93. The van der Waals surface area contributed by atoms with Crippen LogP contribution in [0.5, 0.6) is 0 Å². The number of nitrogens with zero attached hydrogens (tertiary/aromatic N) is 1. The zero-order valence-corrected chi connectivity index (χ0v) is 10.3. The average molecular weight is 247 g/mol. The first-order chi connectivity index (χ1) is 8.74. The zero-order valence-electron chi connectivity index (χ0n) is 10.3. The monoisotopic (exact) mass is 247 g/mol. The van der Waals surface area contributed by atoms with Crippen molar-refractivity contribution in [2.45, 2.75) is 18.3 Å². The normalized spacial score (nSPS) is 21.7. The highest BCUT2D eigenvalue weighted by Gasteiger charge is 2.53. The Kier molecular flexibility index (Phi) is 2.74. The molecule has 0 aromatic heterocycles. The second kappa shape index (κ2) is 4.28. The van der Waals surface area contributed by atoms with Crippen molar-refractivity contribution in [3.63, 3.8) is 0 Å². The van der Waals surface area contributed by atoms with Crippen molar-refractivity contribution in [2.75, 3.05) is 31.2 Å². The molecule has 0 unspecified atom stereocenters. The van der Waals surface area contributed by atoms with Crippen molar-refractivity contribution in [1.82, 2.24) is 0 Å². The molecule has 3 rings (SSSR count). The average Bonchev–Trinajstić information content (AvgIpc) is 3.21. The van der Waals surface area contributed by atoms with E-state index in [0.29, 0.717) is 13.2 Å².